The molecule has 5 nitrogen and oxygen atoms in total. The highest BCUT2D eigenvalue weighted by molar-refractivity contribution is 5.88. The van der Waals surface area contributed by atoms with Crippen molar-refractivity contribution >= 4 is 17.6 Å². The number of carboxylic acids is 1. The minimum absolute atomic E-state index is 0.119. The number of hydrogen-bond acceptors (Lipinski definition) is 2. The van der Waals surface area contributed by atoms with Crippen molar-refractivity contribution in [3.8, 4) is 0 Å². The molecule has 2 aromatic rings. The Morgan fingerprint density at radius 1 is 1.14 bits per heavy atom. The van der Waals surface area contributed by atoms with Crippen LogP contribution in [0.4, 0.5) is 5.69 Å². The van der Waals surface area contributed by atoms with E-state index in [2.05, 4.69) is 5.32 Å². The quantitative estimate of drug-likeness (QED) is 0.907. The molecule has 2 rings (SSSR count). The fourth-order valence-corrected chi connectivity index (χ4v) is 1.84. The van der Waals surface area contributed by atoms with Crippen molar-refractivity contribution in [3.05, 3.63) is 53.9 Å². The van der Waals surface area contributed by atoms with Crippen molar-refractivity contribution < 1.29 is 14.7 Å². The van der Waals surface area contributed by atoms with E-state index in [0.29, 0.717) is 6.54 Å². The summed E-state index contributed by atoms with van der Waals surface area (Å²) in [5.41, 5.74) is 1.95. The third-order valence-corrected chi connectivity index (χ3v) is 2.68. The third-order valence-electron chi connectivity index (χ3n) is 2.68. The van der Waals surface area contributed by atoms with Crippen molar-refractivity contribution in [1.82, 2.24) is 4.57 Å². The van der Waals surface area contributed by atoms with Crippen LogP contribution < -0.4 is 5.32 Å². The summed E-state index contributed by atoms with van der Waals surface area (Å²) in [7, 11) is 0. The summed E-state index contributed by atoms with van der Waals surface area (Å²) < 4.78 is 1.66. The van der Waals surface area contributed by atoms with Gasteiger partial charge in [-0.3, -0.25) is 4.79 Å². The Morgan fingerprint density at radius 3 is 2.29 bits per heavy atom. The number of hydrogen-bond donors (Lipinski definition) is 2. The molecular formula is C16H20N2O3. The van der Waals surface area contributed by atoms with Gasteiger partial charge in [-0.2, -0.15) is 0 Å². The van der Waals surface area contributed by atoms with Gasteiger partial charge in [0.25, 0.3) is 0 Å². The van der Waals surface area contributed by atoms with Crippen LogP contribution in [0, 0.1) is 0 Å². The van der Waals surface area contributed by atoms with Gasteiger partial charge < -0.3 is 15.0 Å². The molecule has 112 valence electrons. The molecular weight excluding hydrogens is 268 g/mol. The van der Waals surface area contributed by atoms with Crippen LogP contribution in [0.25, 0.3) is 0 Å². The minimum Gasteiger partial charge on any atom is -0.477 e. The molecule has 0 atom stereocenters. The number of aromatic carboxylic acids is 1. The Morgan fingerprint density at radius 2 is 1.76 bits per heavy atom. The van der Waals surface area contributed by atoms with E-state index in [1.54, 1.807) is 35.0 Å². The summed E-state index contributed by atoms with van der Waals surface area (Å²) in [6.07, 6.45) is 1.73. The van der Waals surface area contributed by atoms with Gasteiger partial charge in [0.15, 0.2) is 0 Å². The molecule has 0 unspecified atom stereocenters. The summed E-state index contributed by atoms with van der Waals surface area (Å²) in [5, 5.41) is 11.7. The number of benzene rings is 1. The molecule has 0 aliphatic rings. The second kappa shape index (κ2) is 7.89. The predicted molar refractivity (Wildman–Crippen MR) is 82.6 cm³/mol. The van der Waals surface area contributed by atoms with Crippen LogP contribution in [0.5, 0.6) is 0 Å². The Labute approximate surface area is 124 Å². The number of anilines is 1. The van der Waals surface area contributed by atoms with Crippen LogP contribution >= 0.6 is 0 Å². The van der Waals surface area contributed by atoms with Crippen LogP contribution in [0.2, 0.25) is 0 Å². The highest BCUT2D eigenvalue weighted by atomic mass is 16.4. The molecule has 0 fully saturated rings. The second-order valence-corrected chi connectivity index (χ2v) is 4.20. The van der Waals surface area contributed by atoms with Gasteiger partial charge in [-0.15, -0.1) is 0 Å². The monoisotopic (exact) mass is 288 g/mol. The van der Waals surface area contributed by atoms with Crippen LogP contribution in [0.1, 0.15) is 36.8 Å². The lowest BCUT2D eigenvalue weighted by Crippen LogP contribution is -2.09. The molecule has 1 heterocycles. The van der Waals surface area contributed by atoms with Crippen molar-refractivity contribution in [2.24, 2.45) is 0 Å². The first-order valence-corrected chi connectivity index (χ1v) is 6.81. The molecule has 1 aromatic carbocycles. The van der Waals surface area contributed by atoms with Gasteiger partial charge in [-0.1, -0.05) is 26.0 Å². The topological polar surface area (TPSA) is 71.3 Å². The van der Waals surface area contributed by atoms with Crippen LogP contribution in [-0.2, 0) is 11.3 Å². The predicted octanol–water partition coefficient (Wildman–Crippen LogP) is 3.22. The zero-order valence-electron chi connectivity index (χ0n) is 12.5. The van der Waals surface area contributed by atoms with Gasteiger partial charge in [0.05, 0.1) is 0 Å². The maximum absolute atomic E-state index is 11.0. The summed E-state index contributed by atoms with van der Waals surface area (Å²) in [6.45, 7) is 5.93. The molecule has 0 spiro atoms. The van der Waals surface area contributed by atoms with E-state index < -0.39 is 5.97 Å². The van der Waals surface area contributed by atoms with Crippen LogP contribution in [0.15, 0.2) is 42.6 Å². The van der Waals surface area contributed by atoms with E-state index in [9.17, 15) is 9.59 Å². The number of nitrogens with zero attached hydrogens (tertiary/aromatic N) is 1. The van der Waals surface area contributed by atoms with Crippen molar-refractivity contribution in [1.29, 1.82) is 0 Å². The van der Waals surface area contributed by atoms with Gasteiger partial charge in [-0.25, -0.2) is 4.79 Å². The lowest BCUT2D eigenvalue weighted by atomic mass is 10.2. The molecule has 5 heteroatoms. The van der Waals surface area contributed by atoms with E-state index >= 15 is 0 Å². The Kier molecular flexibility index (Phi) is 6.20. The molecule has 21 heavy (non-hydrogen) atoms. The number of nitrogens with one attached hydrogen (secondary N) is 1. The van der Waals surface area contributed by atoms with Crippen molar-refractivity contribution in [3.63, 3.8) is 0 Å². The van der Waals surface area contributed by atoms with E-state index in [4.69, 9.17) is 5.11 Å². The normalized spacial score (nSPS) is 9.48. The Bertz CT molecular complexity index is 600. The number of amides is 1. The van der Waals surface area contributed by atoms with Gasteiger partial charge in [0.1, 0.15) is 5.69 Å². The molecule has 1 amide bonds. The smallest absolute Gasteiger partial charge is 0.352 e. The Balaban J connectivity index is 0.00000106. The van der Waals surface area contributed by atoms with E-state index in [1.165, 1.54) is 6.92 Å². The highest BCUT2D eigenvalue weighted by Gasteiger charge is 2.08. The fourth-order valence-electron chi connectivity index (χ4n) is 1.84. The van der Waals surface area contributed by atoms with Gasteiger partial charge in [-0.05, 0) is 29.8 Å². The van der Waals surface area contributed by atoms with E-state index in [1.807, 2.05) is 26.0 Å². The summed E-state index contributed by atoms with van der Waals surface area (Å²) in [4.78, 5) is 21.9. The molecule has 0 aliphatic heterocycles. The van der Waals surface area contributed by atoms with Gasteiger partial charge >= 0.3 is 5.97 Å². The summed E-state index contributed by atoms with van der Waals surface area (Å²) in [6, 6.07) is 10.6. The average molecular weight is 288 g/mol. The molecule has 0 radical (unpaired) electrons. The summed E-state index contributed by atoms with van der Waals surface area (Å²) in [5.74, 6) is -1.06. The zero-order chi connectivity index (χ0) is 15.8. The highest BCUT2D eigenvalue weighted by Crippen LogP contribution is 2.12. The first-order valence-electron chi connectivity index (χ1n) is 6.81. The molecule has 2 N–H and O–H groups in total. The molecule has 0 aliphatic carbocycles. The minimum atomic E-state index is -0.945. The second-order valence-electron chi connectivity index (χ2n) is 4.20. The third kappa shape index (κ3) is 4.80. The van der Waals surface area contributed by atoms with Crippen LogP contribution in [-0.4, -0.2) is 21.6 Å². The van der Waals surface area contributed by atoms with E-state index in [-0.39, 0.29) is 11.6 Å². The number of aromatic nitrogens is 1. The number of carboxylic acid groups (broad SMARTS) is 1. The largest absolute Gasteiger partial charge is 0.477 e. The first-order chi connectivity index (χ1) is 10.1. The maximum Gasteiger partial charge on any atom is 0.352 e. The van der Waals surface area contributed by atoms with Gasteiger partial charge in [0, 0.05) is 25.4 Å². The standard InChI is InChI=1S/C14H14N2O3.C2H6/c1-10(17)15-12-6-4-11(5-7-12)9-16-8-2-3-13(16)14(18)19;1-2/h2-8H,9H2,1H3,(H,15,17)(H,18,19);1-2H3. The molecule has 0 bridgehead atoms. The fraction of sp³-hybridized carbons (Fsp3) is 0.250. The number of carbonyl (C=O) groups is 2. The van der Waals surface area contributed by atoms with Gasteiger partial charge in [0.2, 0.25) is 5.91 Å². The maximum atomic E-state index is 11.0. The molecule has 0 saturated heterocycles. The lowest BCUT2D eigenvalue weighted by Gasteiger charge is -2.08. The average Bonchev–Trinajstić information content (AvgIpc) is 2.91. The van der Waals surface area contributed by atoms with Crippen LogP contribution in [0.3, 0.4) is 0 Å². The lowest BCUT2D eigenvalue weighted by molar-refractivity contribution is -0.114. The van der Waals surface area contributed by atoms with Crippen molar-refractivity contribution in [2.45, 2.75) is 27.3 Å². The van der Waals surface area contributed by atoms with Crippen molar-refractivity contribution in [2.75, 3.05) is 5.32 Å². The molecule has 1 aromatic heterocycles. The first kappa shape index (κ1) is 16.5. The zero-order valence-corrected chi connectivity index (χ0v) is 12.5. The number of carbonyl (C=O) groups excluding carboxylic acids is 1. The number of rotatable bonds is 4. The molecule has 0 saturated carbocycles. The summed E-state index contributed by atoms with van der Waals surface area (Å²) >= 11 is 0. The Hall–Kier alpha value is -2.56. The van der Waals surface area contributed by atoms with E-state index in [0.717, 1.165) is 11.3 Å². The SMILES string of the molecule is CC.CC(=O)Nc1ccc(Cn2cccc2C(=O)O)cc1.